The molecule has 0 aliphatic rings. The number of aromatic nitrogens is 2. The van der Waals surface area contributed by atoms with E-state index in [1.807, 2.05) is 38.2 Å². The van der Waals surface area contributed by atoms with E-state index >= 15 is 0 Å². The summed E-state index contributed by atoms with van der Waals surface area (Å²) in [5.74, 6) is -0.113. The molecule has 0 unspecified atom stereocenters. The molecule has 0 atom stereocenters. The van der Waals surface area contributed by atoms with E-state index in [9.17, 15) is 4.79 Å². The van der Waals surface area contributed by atoms with Crippen molar-refractivity contribution in [2.75, 3.05) is 0 Å². The Morgan fingerprint density at radius 1 is 1.37 bits per heavy atom. The molecule has 0 spiro atoms. The van der Waals surface area contributed by atoms with Crippen LogP contribution in [0.3, 0.4) is 0 Å². The van der Waals surface area contributed by atoms with Crippen molar-refractivity contribution in [2.24, 2.45) is 12.8 Å². The minimum absolute atomic E-state index is 0.113. The van der Waals surface area contributed by atoms with Crippen LogP contribution in [0.1, 0.15) is 27.2 Å². The van der Waals surface area contributed by atoms with Gasteiger partial charge in [0.25, 0.3) is 5.91 Å². The summed E-state index contributed by atoms with van der Waals surface area (Å²) in [5.41, 5.74) is 9.21. The van der Waals surface area contributed by atoms with Crippen LogP contribution in [0.4, 0.5) is 0 Å². The molecule has 5 heteroatoms. The normalized spacial score (nSPS) is 10.5. The average Bonchev–Trinajstić information content (AvgIpc) is 2.77. The molecule has 100 valence electrons. The zero-order valence-electron chi connectivity index (χ0n) is 11.2. The average molecular weight is 258 g/mol. The third-order valence-electron chi connectivity index (χ3n) is 3.26. The number of aryl methyl sites for hydroxylation is 1. The summed E-state index contributed by atoms with van der Waals surface area (Å²) >= 11 is 0. The first-order valence-electron chi connectivity index (χ1n) is 6.17. The Balaban J connectivity index is 2.07. The van der Waals surface area contributed by atoms with E-state index in [0.29, 0.717) is 18.7 Å². The maximum atomic E-state index is 12.1. The van der Waals surface area contributed by atoms with Crippen molar-refractivity contribution in [2.45, 2.75) is 20.0 Å². The summed E-state index contributed by atoms with van der Waals surface area (Å²) in [6, 6.07) is 7.82. The van der Waals surface area contributed by atoms with Crippen molar-refractivity contribution < 1.29 is 4.79 Å². The molecular formula is C14H18N4O. The highest BCUT2D eigenvalue weighted by Crippen LogP contribution is 2.09. The zero-order valence-corrected chi connectivity index (χ0v) is 11.2. The molecule has 1 aromatic carbocycles. The van der Waals surface area contributed by atoms with E-state index < -0.39 is 0 Å². The number of carbonyl (C=O) groups excluding carboxylic acids is 1. The quantitative estimate of drug-likeness (QED) is 0.863. The first-order chi connectivity index (χ1) is 9.13. The molecule has 3 N–H and O–H groups in total. The van der Waals surface area contributed by atoms with Crippen LogP contribution < -0.4 is 11.1 Å². The van der Waals surface area contributed by atoms with Crippen LogP contribution in [0.2, 0.25) is 0 Å². The summed E-state index contributed by atoms with van der Waals surface area (Å²) in [6.07, 6.45) is 1.58. The van der Waals surface area contributed by atoms with Crippen LogP contribution in [-0.2, 0) is 20.1 Å². The third kappa shape index (κ3) is 2.82. The smallest absolute Gasteiger partial charge is 0.255 e. The SMILES string of the molecule is Cc1c(C(=O)NCc2ccccc2CN)cnn1C. The lowest BCUT2D eigenvalue weighted by atomic mass is 10.1. The molecule has 19 heavy (non-hydrogen) atoms. The fraction of sp³-hybridized carbons (Fsp3) is 0.286. The van der Waals surface area contributed by atoms with E-state index in [-0.39, 0.29) is 5.91 Å². The van der Waals surface area contributed by atoms with Crippen molar-refractivity contribution in [1.29, 1.82) is 0 Å². The molecule has 2 aromatic rings. The van der Waals surface area contributed by atoms with Gasteiger partial charge in [0.05, 0.1) is 11.8 Å². The van der Waals surface area contributed by atoms with Crippen LogP contribution >= 0.6 is 0 Å². The number of amides is 1. The predicted octanol–water partition coefficient (Wildman–Crippen LogP) is 1.12. The number of nitrogens with one attached hydrogen (secondary N) is 1. The van der Waals surface area contributed by atoms with Gasteiger partial charge in [-0.05, 0) is 18.1 Å². The molecule has 0 saturated heterocycles. The molecule has 0 radical (unpaired) electrons. The highest BCUT2D eigenvalue weighted by Gasteiger charge is 2.12. The van der Waals surface area contributed by atoms with Gasteiger partial charge in [0.15, 0.2) is 0 Å². The number of hydrogen-bond acceptors (Lipinski definition) is 3. The standard InChI is InChI=1S/C14H18N4O/c1-10-13(9-17-18(10)2)14(19)16-8-12-6-4-3-5-11(12)7-15/h3-6,9H,7-8,15H2,1-2H3,(H,16,19). The topological polar surface area (TPSA) is 72.9 Å². The van der Waals surface area contributed by atoms with Crippen LogP contribution in [0.5, 0.6) is 0 Å². The van der Waals surface area contributed by atoms with E-state index in [2.05, 4.69) is 10.4 Å². The Labute approximate surface area is 112 Å². The first-order valence-corrected chi connectivity index (χ1v) is 6.17. The summed E-state index contributed by atoms with van der Waals surface area (Å²) in [6.45, 7) is 2.81. The van der Waals surface area contributed by atoms with Crippen LogP contribution in [0, 0.1) is 6.92 Å². The number of rotatable bonds is 4. The van der Waals surface area contributed by atoms with E-state index in [1.165, 1.54) is 0 Å². The Morgan fingerprint density at radius 3 is 2.63 bits per heavy atom. The van der Waals surface area contributed by atoms with Crippen molar-refractivity contribution in [3.63, 3.8) is 0 Å². The van der Waals surface area contributed by atoms with Gasteiger partial charge >= 0.3 is 0 Å². The molecular weight excluding hydrogens is 240 g/mol. The van der Waals surface area contributed by atoms with Gasteiger partial charge in [0, 0.05) is 25.8 Å². The van der Waals surface area contributed by atoms with E-state index in [4.69, 9.17) is 5.73 Å². The molecule has 1 aromatic heterocycles. The van der Waals surface area contributed by atoms with Crippen LogP contribution in [0.25, 0.3) is 0 Å². The van der Waals surface area contributed by atoms with Gasteiger partial charge in [-0.15, -0.1) is 0 Å². The lowest BCUT2D eigenvalue weighted by Gasteiger charge is -2.09. The maximum Gasteiger partial charge on any atom is 0.255 e. The molecule has 1 amide bonds. The van der Waals surface area contributed by atoms with Gasteiger partial charge < -0.3 is 11.1 Å². The Hall–Kier alpha value is -2.14. The molecule has 2 rings (SSSR count). The minimum Gasteiger partial charge on any atom is -0.348 e. The van der Waals surface area contributed by atoms with Gasteiger partial charge in [-0.1, -0.05) is 24.3 Å². The minimum atomic E-state index is -0.113. The zero-order chi connectivity index (χ0) is 13.8. The first kappa shape index (κ1) is 13.3. The monoisotopic (exact) mass is 258 g/mol. The molecule has 5 nitrogen and oxygen atoms in total. The Kier molecular flexibility index (Phi) is 3.97. The maximum absolute atomic E-state index is 12.1. The van der Waals surface area contributed by atoms with Gasteiger partial charge in [-0.3, -0.25) is 9.48 Å². The number of hydrogen-bond donors (Lipinski definition) is 2. The molecule has 1 heterocycles. The second-order valence-corrected chi connectivity index (χ2v) is 4.42. The lowest BCUT2D eigenvalue weighted by Crippen LogP contribution is -2.24. The Bertz CT molecular complexity index is 589. The van der Waals surface area contributed by atoms with Crippen molar-refractivity contribution in [3.05, 3.63) is 52.8 Å². The molecule has 0 aliphatic heterocycles. The van der Waals surface area contributed by atoms with Gasteiger partial charge in [0.2, 0.25) is 0 Å². The predicted molar refractivity (Wildman–Crippen MR) is 73.4 cm³/mol. The number of benzene rings is 1. The summed E-state index contributed by atoms with van der Waals surface area (Å²) < 4.78 is 1.68. The number of carbonyl (C=O) groups is 1. The molecule has 0 saturated carbocycles. The third-order valence-corrected chi connectivity index (χ3v) is 3.26. The van der Waals surface area contributed by atoms with E-state index in [0.717, 1.165) is 16.8 Å². The highest BCUT2D eigenvalue weighted by molar-refractivity contribution is 5.94. The fourth-order valence-electron chi connectivity index (χ4n) is 1.92. The van der Waals surface area contributed by atoms with Crippen LogP contribution in [-0.4, -0.2) is 15.7 Å². The summed E-state index contributed by atoms with van der Waals surface area (Å²) in [5, 5.41) is 6.96. The summed E-state index contributed by atoms with van der Waals surface area (Å²) in [4.78, 5) is 12.1. The fourth-order valence-corrected chi connectivity index (χ4v) is 1.92. The second-order valence-electron chi connectivity index (χ2n) is 4.42. The second kappa shape index (κ2) is 5.67. The molecule has 0 fully saturated rings. The van der Waals surface area contributed by atoms with Crippen molar-refractivity contribution in [1.82, 2.24) is 15.1 Å². The molecule has 0 aliphatic carbocycles. The van der Waals surface area contributed by atoms with E-state index in [1.54, 1.807) is 10.9 Å². The largest absolute Gasteiger partial charge is 0.348 e. The molecule has 0 bridgehead atoms. The number of nitrogens with two attached hydrogens (primary N) is 1. The summed E-state index contributed by atoms with van der Waals surface area (Å²) in [7, 11) is 1.82. The highest BCUT2D eigenvalue weighted by atomic mass is 16.1. The van der Waals surface area contributed by atoms with Gasteiger partial charge in [0.1, 0.15) is 0 Å². The van der Waals surface area contributed by atoms with Crippen molar-refractivity contribution in [3.8, 4) is 0 Å². The van der Waals surface area contributed by atoms with Gasteiger partial charge in [-0.25, -0.2) is 0 Å². The number of nitrogens with zero attached hydrogens (tertiary/aromatic N) is 2. The van der Waals surface area contributed by atoms with Crippen LogP contribution in [0.15, 0.2) is 30.5 Å². The Morgan fingerprint density at radius 2 is 2.05 bits per heavy atom. The van der Waals surface area contributed by atoms with Crippen molar-refractivity contribution >= 4 is 5.91 Å². The lowest BCUT2D eigenvalue weighted by molar-refractivity contribution is 0.0950. The van der Waals surface area contributed by atoms with Gasteiger partial charge in [-0.2, -0.15) is 5.10 Å².